The molecule has 0 atom stereocenters. The zero-order valence-electron chi connectivity index (χ0n) is 14.0. The van der Waals surface area contributed by atoms with Gasteiger partial charge in [-0.3, -0.25) is 0 Å². The van der Waals surface area contributed by atoms with Crippen molar-refractivity contribution in [3.05, 3.63) is 47.2 Å². The highest BCUT2D eigenvalue weighted by Gasteiger charge is 2.33. The van der Waals surface area contributed by atoms with Gasteiger partial charge in [-0.25, -0.2) is 17.2 Å². The van der Waals surface area contributed by atoms with Crippen molar-refractivity contribution >= 4 is 15.8 Å². The lowest BCUT2D eigenvalue weighted by Gasteiger charge is -2.34. The number of anilines is 1. The Labute approximate surface area is 150 Å². The molecule has 1 aromatic carbocycles. The van der Waals surface area contributed by atoms with E-state index in [1.165, 1.54) is 5.56 Å². The molecule has 2 heterocycles. The number of hydrogen-bond donors (Lipinski definition) is 0. The van der Waals surface area contributed by atoms with E-state index < -0.39 is 26.6 Å². The molecule has 0 bridgehead atoms. The highest BCUT2D eigenvalue weighted by molar-refractivity contribution is 7.89. The van der Waals surface area contributed by atoms with E-state index in [0.717, 1.165) is 53.3 Å². The van der Waals surface area contributed by atoms with Crippen LogP contribution in [0.2, 0.25) is 0 Å². The zero-order valence-corrected chi connectivity index (χ0v) is 14.8. The number of rotatable bonds is 3. The van der Waals surface area contributed by atoms with Gasteiger partial charge in [-0.2, -0.15) is 9.40 Å². The lowest BCUT2D eigenvalue weighted by Crippen LogP contribution is -2.49. The molecule has 0 amide bonds. The summed E-state index contributed by atoms with van der Waals surface area (Å²) in [6, 6.07) is 5.06. The molecule has 2 aliphatic rings. The summed E-state index contributed by atoms with van der Waals surface area (Å²) < 4.78 is 54.2. The summed E-state index contributed by atoms with van der Waals surface area (Å²) in [5.41, 5.74) is 2.23. The maximum atomic E-state index is 13.9. The number of fused-ring (bicyclic) bond motifs is 1. The van der Waals surface area contributed by atoms with Crippen LogP contribution in [0, 0.1) is 11.6 Å². The van der Waals surface area contributed by atoms with Gasteiger partial charge in [0.25, 0.3) is 0 Å². The summed E-state index contributed by atoms with van der Waals surface area (Å²) in [6.45, 7) is 1.05. The van der Waals surface area contributed by atoms with Crippen LogP contribution in [0.25, 0.3) is 0 Å². The van der Waals surface area contributed by atoms with Gasteiger partial charge in [0.2, 0.25) is 10.0 Å². The number of aryl methyl sites for hydroxylation is 2. The first-order valence-corrected chi connectivity index (χ1v) is 9.95. The normalized spacial score (nSPS) is 18.2. The number of nitrogens with zero attached hydrogens (tertiary/aromatic N) is 4. The van der Waals surface area contributed by atoms with Crippen LogP contribution in [0.4, 0.5) is 14.6 Å². The van der Waals surface area contributed by atoms with Crippen molar-refractivity contribution in [1.29, 1.82) is 0 Å². The van der Waals surface area contributed by atoms with Gasteiger partial charge in [0.15, 0.2) is 10.7 Å². The SMILES string of the molecule is O=S(=O)(c1c(F)cccc1F)N1CCN(c2cc3c(nn2)CCC3)CC1. The summed E-state index contributed by atoms with van der Waals surface area (Å²) >= 11 is 0. The number of aromatic nitrogens is 2. The third-order valence-electron chi connectivity index (χ3n) is 4.89. The van der Waals surface area contributed by atoms with Crippen molar-refractivity contribution in [2.45, 2.75) is 24.2 Å². The van der Waals surface area contributed by atoms with Crippen molar-refractivity contribution in [2.24, 2.45) is 0 Å². The van der Waals surface area contributed by atoms with E-state index in [2.05, 4.69) is 10.2 Å². The molecular formula is C17H18F2N4O2S. The van der Waals surface area contributed by atoms with Gasteiger partial charge in [-0.1, -0.05) is 6.07 Å². The lowest BCUT2D eigenvalue weighted by atomic mass is 10.2. The van der Waals surface area contributed by atoms with Gasteiger partial charge in [-0.05, 0) is 43.0 Å². The van der Waals surface area contributed by atoms with Crippen LogP contribution in [0.15, 0.2) is 29.2 Å². The molecule has 1 aliphatic carbocycles. The van der Waals surface area contributed by atoms with Crippen LogP contribution in [-0.2, 0) is 22.9 Å². The minimum atomic E-state index is -4.22. The quantitative estimate of drug-likeness (QED) is 0.812. The predicted octanol–water partition coefficient (Wildman–Crippen LogP) is 1.75. The van der Waals surface area contributed by atoms with Crippen LogP contribution in [0.3, 0.4) is 0 Å². The van der Waals surface area contributed by atoms with Gasteiger partial charge in [0.05, 0.1) is 5.69 Å². The monoisotopic (exact) mass is 380 g/mol. The Morgan fingerprint density at radius 1 is 0.962 bits per heavy atom. The van der Waals surface area contributed by atoms with E-state index in [0.29, 0.717) is 13.1 Å². The Morgan fingerprint density at radius 3 is 2.35 bits per heavy atom. The first-order valence-electron chi connectivity index (χ1n) is 8.51. The Kier molecular flexibility index (Phi) is 4.36. The molecule has 0 unspecified atom stereocenters. The third-order valence-corrected chi connectivity index (χ3v) is 6.84. The fourth-order valence-electron chi connectivity index (χ4n) is 3.49. The van der Waals surface area contributed by atoms with Crippen molar-refractivity contribution in [3.63, 3.8) is 0 Å². The fraction of sp³-hybridized carbons (Fsp3) is 0.412. The molecule has 1 fully saturated rings. The molecule has 26 heavy (non-hydrogen) atoms. The van der Waals surface area contributed by atoms with E-state index in [-0.39, 0.29) is 13.1 Å². The second kappa shape index (κ2) is 6.55. The van der Waals surface area contributed by atoms with Gasteiger partial charge in [0.1, 0.15) is 11.6 Å². The van der Waals surface area contributed by atoms with Crippen molar-refractivity contribution in [1.82, 2.24) is 14.5 Å². The smallest absolute Gasteiger partial charge is 0.249 e. The average molecular weight is 380 g/mol. The molecule has 138 valence electrons. The summed E-state index contributed by atoms with van der Waals surface area (Å²) in [5.74, 6) is -1.42. The maximum Gasteiger partial charge on any atom is 0.249 e. The van der Waals surface area contributed by atoms with Gasteiger partial charge < -0.3 is 4.90 Å². The molecule has 1 aromatic heterocycles. The number of benzene rings is 1. The Hall–Kier alpha value is -2.13. The standard InChI is InChI=1S/C17H18F2N4O2S/c18-13-4-2-5-14(19)17(13)26(24,25)23-9-7-22(8-10-23)16-11-12-3-1-6-15(12)20-21-16/h2,4-5,11H,1,3,6-10H2. The van der Waals surface area contributed by atoms with E-state index in [9.17, 15) is 17.2 Å². The van der Waals surface area contributed by atoms with E-state index >= 15 is 0 Å². The van der Waals surface area contributed by atoms with Crippen molar-refractivity contribution < 1.29 is 17.2 Å². The van der Waals surface area contributed by atoms with Crippen molar-refractivity contribution in [2.75, 3.05) is 31.1 Å². The highest BCUT2D eigenvalue weighted by Crippen LogP contribution is 2.26. The first-order chi connectivity index (χ1) is 12.5. The van der Waals surface area contributed by atoms with E-state index in [1.54, 1.807) is 0 Å². The maximum absolute atomic E-state index is 13.9. The lowest BCUT2D eigenvalue weighted by molar-refractivity contribution is 0.377. The van der Waals surface area contributed by atoms with Crippen LogP contribution in [0.1, 0.15) is 17.7 Å². The van der Waals surface area contributed by atoms with Crippen molar-refractivity contribution in [3.8, 4) is 0 Å². The summed E-state index contributed by atoms with van der Waals surface area (Å²) in [4.78, 5) is 1.07. The average Bonchev–Trinajstić information content (AvgIpc) is 3.09. The molecule has 1 saturated heterocycles. The second-order valence-electron chi connectivity index (χ2n) is 6.47. The summed E-state index contributed by atoms with van der Waals surface area (Å²) in [7, 11) is -4.22. The topological polar surface area (TPSA) is 66.4 Å². The largest absolute Gasteiger partial charge is 0.352 e. The number of halogens is 2. The molecule has 6 nitrogen and oxygen atoms in total. The molecular weight excluding hydrogens is 362 g/mol. The van der Waals surface area contributed by atoms with Crippen LogP contribution in [0.5, 0.6) is 0 Å². The third kappa shape index (κ3) is 2.95. The van der Waals surface area contributed by atoms with Crippen LogP contribution < -0.4 is 4.90 Å². The zero-order chi connectivity index (χ0) is 18.3. The molecule has 0 N–H and O–H groups in total. The highest BCUT2D eigenvalue weighted by atomic mass is 32.2. The van der Waals surface area contributed by atoms with Crippen LogP contribution >= 0.6 is 0 Å². The molecule has 1 aliphatic heterocycles. The fourth-order valence-corrected chi connectivity index (χ4v) is 5.02. The summed E-state index contributed by atoms with van der Waals surface area (Å²) in [5, 5.41) is 8.49. The number of piperazine rings is 1. The van der Waals surface area contributed by atoms with E-state index in [4.69, 9.17) is 0 Å². The molecule has 9 heteroatoms. The number of sulfonamides is 1. The Balaban J connectivity index is 1.51. The van der Waals surface area contributed by atoms with E-state index in [1.807, 2.05) is 11.0 Å². The second-order valence-corrected chi connectivity index (χ2v) is 8.34. The predicted molar refractivity (Wildman–Crippen MR) is 91.4 cm³/mol. The molecule has 0 spiro atoms. The van der Waals surface area contributed by atoms with Gasteiger partial charge in [-0.15, -0.1) is 5.10 Å². The minimum Gasteiger partial charge on any atom is -0.352 e. The minimum absolute atomic E-state index is 0.134. The molecule has 0 saturated carbocycles. The first kappa shape index (κ1) is 17.3. The summed E-state index contributed by atoms with van der Waals surface area (Å²) in [6.07, 6.45) is 3.01. The molecule has 0 radical (unpaired) electrons. The number of hydrogen-bond acceptors (Lipinski definition) is 5. The molecule has 2 aromatic rings. The molecule has 4 rings (SSSR count). The van der Waals surface area contributed by atoms with Crippen LogP contribution in [-0.4, -0.2) is 49.1 Å². The van der Waals surface area contributed by atoms with Gasteiger partial charge in [0, 0.05) is 26.2 Å². The Bertz CT molecular complexity index is 924. The van der Waals surface area contributed by atoms with Gasteiger partial charge >= 0.3 is 0 Å². The Morgan fingerprint density at radius 2 is 1.65 bits per heavy atom.